The van der Waals surface area contributed by atoms with E-state index in [1.54, 1.807) is 14.0 Å². The van der Waals surface area contributed by atoms with E-state index in [0.717, 1.165) is 0 Å². The Morgan fingerprint density at radius 3 is 2.75 bits per heavy atom. The summed E-state index contributed by atoms with van der Waals surface area (Å²) >= 11 is 0. The van der Waals surface area contributed by atoms with Gasteiger partial charge in [-0.1, -0.05) is 0 Å². The molecule has 0 amide bonds. The molecule has 0 atom stereocenters. The molecule has 0 aromatic carbocycles. The number of hydrogen-bond donors (Lipinski definition) is 2. The number of nitrogens with two attached hydrogens (primary N) is 1. The molecular formula is C6H11ClN4O. The standard InChI is InChI=1S/C6H10N4O.ClH/c1-4-3-5(11)10(2)6(8-4)9-7;/h3H,7H2,1-2H3,(H,8,9);1H. The largest absolute Gasteiger partial charge is 0.294 e. The number of anilines is 1. The van der Waals surface area contributed by atoms with Gasteiger partial charge in [0.15, 0.2) is 0 Å². The molecule has 1 heterocycles. The molecule has 0 radical (unpaired) electrons. The van der Waals surface area contributed by atoms with Crippen LogP contribution < -0.4 is 16.8 Å². The van der Waals surface area contributed by atoms with Crippen molar-refractivity contribution in [2.75, 3.05) is 5.43 Å². The van der Waals surface area contributed by atoms with E-state index in [2.05, 4.69) is 10.4 Å². The minimum absolute atomic E-state index is 0. The molecule has 68 valence electrons. The van der Waals surface area contributed by atoms with E-state index in [0.29, 0.717) is 11.6 Å². The molecule has 1 rings (SSSR count). The van der Waals surface area contributed by atoms with Crippen LogP contribution in [0.4, 0.5) is 5.95 Å². The average Bonchev–Trinajstić information content (AvgIpc) is 1.96. The van der Waals surface area contributed by atoms with Gasteiger partial charge in [0.1, 0.15) is 0 Å². The normalized spacial score (nSPS) is 8.92. The summed E-state index contributed by atoms with van der Waals surface area (Å²) in [6.45, 7) is 1.74. The zero-order chi connectivity index (χ0) is 8.43. The van der Waals surface area contributed by atoms with E-state index in [4.69, 9.17) is 5.84 Å². The third-order valence-electron chi connectivity index (χ3n) is 1.39. The Bertz CT molecular complexity index is 322. The lowest BCUT2D eigenvalue weighted by Crippen LogP contribution is -2.24. The van der Waals surface area contributed by atoms with Crippen LogP contribution in [0.2, 0.25) is 0 Å². The van der Waals surface area contributed by atoms with Gasteiger partial charge in [0.05, 0.1) is 0 Å². The number of aryl methyl sites for hydroxylation is 1. The van der Waals surface area contributed by atoms with Crippen molar-refractivity contribution in [3.05, 3.63) is 22.1 Å². The number of rotatable bonds is 1. The summed E-state index contributed by atoms with van der Waals surface area (Å²) in [4.78, 5) is 15.0. The summed E-state index contributed by atoms with van der Waals surface area (Å²) in [7, 11) is 1.60. The van der Waals surface area contributed by atoms with Crippen LogP contribution in [0.1, 0.15) is 5.69 Å². The fourth-order valence-electron chi connectivity index (χ4n) is 0.783. The molecule has 0 saturated carbocycles. The van der Waals surface area contributed by atoms with E-state index in [9.17, 15) is 4.79 Å². The molecule has 6 heteroatoms. The first-order valence-electron chi connectivity index (χ1n) is 3.16. The van der Waals surface area contributed by atoms with Gasteiger partial charge in [-0.15, -0.1) is 12.4 Å². The van der Waals surface area contributed by atoms with Crippen molar-refractivity contribution in [2.24, 2.45) is 12.9 Å². The molecule has 0 aliphatic carbocycles. The summed E-state index contributed by atoms with van der Waals surface area (Å²) in [5.74, 6) is 5.49. The molecule has 1 aromatic rings. The van der Waals surface area contributed by atoms with E-state index in [1.165, 1.54) is 10.6 Å². The Morgan fingerprint density at radius 1 is 1.67 bits per heavy atom. The fourth-order valence-corrected chi connectivity index (χ4v) is 0.783. The van der Waals surface area contributed by atoms with Gasteiger partial charge in [0, 0.05) is 18.8 Å². The van der Waals surface area contributed by atoms with Crippen molar-refractivity contribution in [2.45, 2.75) is 6.92 Å². The first-order chi connectivity index (χ1) is 5.15. The van der Waals surface area contributed by atoms with Gasteiger partial charge < -0.3 is 0 Å². The Morgan fingerprint density at radius 2 is 2.25 bits per heavy atom. The molecule has 0 unspecified atom stereocenters. The van der Waals surface area contributed by atoms with Gasteiger partial charge in [0.25, 0.3) is 5.56 Å². The first-order valence-corrected chi connectivity index (χ1v) is 3.16. The third-order valence-corrected chi connectivity index (χ3v) is 1.39. The highest BCUT2D eigenvalue weighted by Crippen LogP contribution is 1.95. The van der Waals surface area contributed by atoms with Crippen LogP contribution in [0.25, 0.3) is 0 Å². The molecule has 0 saturated heterocycles. The summed E-state index contributed by atoms with van der Waals surface area (Å²) in [5, 5.41) is 0. The van der Waals surface area contributed by atoms with Crippen LogP contribution in [0.5, 0.6) is 0 Å². The molecule has 5 nitrogen and oxygen atoms in total. The zero-order valence-electron chi connectivity index (χ0n) is 6.87. The van der Waals surface area contributed by atoms with Crippen LogP contribution in [0, 0.1) is 6.92 Å². The highest BCUT2D eigenvalue weighted by Gasteiger charge is 1.99. The molecular weight excluding hydrogens is 180 g/mol. The SMILES string of the molecule is Cc1cc(=O)n(C)c(NN)n1.Cl. The molecule has 3 N–H and O–H groups in total. The lowest BCUT2D eigenvalue weighted by Gasteiger charge is -2.04. The Labute approximate surface area is 76.0 Å². The minimum atomic E-state index is -0.120. The van der Waals surface area contributed by atoms with Crippen molar-refractivity contribution in [1.82, 2.24) is 9.55 Å². The second-order valence-electron chi connectivity index (χ2n) is 2.26. The molecule has 0 aliphatic heterocycles. The topological polar surface area (TPSA) is 72.9 Å². The maximum Gasteiger partial charge on any atom is 0.254 e. The van der Waals surface area contributed by atoms with Crippen LogP contribution >= 0.6 is 12.4 Å². The van der Waals surface area contributed by atoms with Crippen LogP contribution in [0.15, 0.2) is 10.9 Å². The number of aromatic nitrogens is 2. The second kappa shape index (κ2) is 4.08. The van der Waals surface area contributed by atoms with E-state index in [1.807, 2.05) is 0 Å². The van der Waals surface area contributed by atoms with Crippen LogP contribution in [-0.4, -0.2) is 9.55 Å². The van der Waals surface area contributed by atoms with Gasteiger partial charge in [0.2, 0.25) is 5.95 Å². The fraction of sp³-hybridized carbons (Fsp3) is 0.333. The number of nitrogen functional groups attached to an aromatic ring is 1. The van der Waals surface area contributed by atoms with Crippen molar-refractivity contribution in [1.29, 1.82) is 0 Å². The highest BCUT2D eigenvalue weighted by molar-refractivity contribution is 5.85. The quantitative estimate of drug-likeness (QED) is 0.475. The number of halogens is 1. The molecule has 1 aromatic heterocycles. The highest BCUT2D eigenvalue weighted by atomic mass is 35.5. The summed E-state index contributed by atoms with van der Waals surface area (Å²) in [6.07, 6.45) is 0. The van der Waals surface area contributed by atoms with E-state index >= 15 is 0 Å². The van der Waals surface area contributed by atoms with Gasteiger partial charge in [-0.3, -0.25) is 14.8 Å². The van der Waals surface area contributed by atoms with Gasteiger partial charge in [-0.05, 0) is 6.92 Å². The maximum absolute atomic E-state index is 11.0. The van der Waals surface area contributed by atoms with Crippen molar-refractivity contribution in [3.63, 3.8) is 0 Å². The summed E-state index contributed by atoms with van der Waals surface area (Å²) < 4.78 is 1.34. The molecule has 0 bridgehead atoms. The lowest BCUT2D eigenvalue weighted by atomic mass is 10.4. The Hall–Kier alpha value is -1.07. The summed E-state index contributed by atoms with van der Waals surface area (Å²) in [6, 6.07) is 1.45. The Balaban J connectivity index is 0.00000121. The second-order valence-corrected chi connectivity index (χ2v) is 2.26. The number of hydrazine groups is 1. The number of hydrogen-bond acceptors (Lipinski definition) is 4. The monoisotopic (exact) mass is 190 g/mol. The molecule has 12 heavy (non-hydrogen) atoms. The molecule has 0 spiro atoms. The lowest BCUT2D eigenvalue weighted by molar-refractivity contribution is 0.818. The van der Waals surface area contributed by atoms with Gasteiger partial charge in [-0.25, -0.2) is 10.8 Å². The van der Waals surface area contributed by atoms with Crippen LogP contribution in [0.3, 0.4) is 0 Å². The molecule has 0 aliphatic rings. The number of nitrogens with one attached hydrogen (secondary N) is 1. The minimum Gasteiger partial charge on any atom is -0.294 e. The predicted molar refractivity (Wildman–Crippen MR) is 49.3 cm³/mol. The zero-order valence-corrected chi connectivity index (χ0v) is 7.68. The van der Waals surface area contributed by atoms with Gasteiger partial charge >= 0.3 is 0 Å². The molecule has 0 fully saturated rings. The first kappa shape index (κ1) is 10.9. The van der Waals surface area contributed by atoms with E-state index < -0.39 is 0 Å². The van der Waals surface area contributed by atoms with Crippen molar-refractivity contribution in [3.8, 4) is 0 Å². The number of nitrogens with zero attached hydrogens (tertiary/aromatic N) is 2. The van der Waals surface area contributed by atoms with E-state index in [-0.39, 0.29) is 18.0 Å². The predicted octanol–water partition coefficient (Wildman–Crippen LogP) is -0.204. The van der Waals surface area contributed by atoms with Gasteiger partial charge in [-0.2, -0.15) is 0 Å². The maximum atomic E-state index is 11.0. The van der Waals surface area contributed by atoms with Crippen molar-refractivity contribution >= 4 is 18.4 Å². The smallest absolute Gasteiger partial charge is 0.254 e. The Kier molecular flexibility index (Phi) is 3.72. The van der Waals surface area contributed by atoms with Crippen LogP contribution in [-0.2, 0) is 7.05 Å². The summed E-state index contributed by atoms with van der Waals surface area (Å²) in [5.41, 5.74) is 2.86. The van der Waals surface area contributed by atoms with Crippen molar-refractivity contribution < 1.29 is 0 Å². The average molecular weight is 191 g/mol. The third kappa shape index (κ3) is 1.96.